The Morgan fingerprint density at radius 3 is 2.47 bits per heavy atom. The van der Waals surface area contributed by atoms with Crippen molar-refractivity contribution in [3.8, 4) is 0 Å². The van der Waals surface area contributed by atoms with Crippen LogP contribution in [0.5, 0.6) is 0 Å². The lowest BCUT2D eigenvalue weighted by molar-refractivity contribution is -0.137. The number of nitrogens with zero attached hydrogens (tertiary/aromatic N) is 4. The highest BCUT2D eigenvalue weighted by Gasteiger charge is 2.37. The third-order valence-electron chi connectivity index (χ3n) is 6.48. The van der Waals surface area contributed by atoms with Gasteiger partial charge in [-0.3, -0.25) is 19.3 Å². The van der Waals surface area contributed by atoms with Crippen LogP contribution in [0.25, 0.3) is 0 Å². The van der Waals surface area contributed by atoms with Gasteiger partial charge >= 0.3 is 0 Å². The van der Waals surface area contributed by atoms with Crippen molar-refractivity contribution < 1.29 is 18.8 Å². The number of carbonyl (C=O) groups excluding carboxylic acids is 3. The monoisotopic (exact) mass is 486 g/mol. The third-order valence-corrected chi connectivity index (χ3v) is 6.77. The first kappa shape index (κ1) is 24.2. The number of para-hydroxylation sites is 1. The summed E-state index contributed by atoms with van der Waals surface area (Å²) < 4.78 is 13.4. The molecule has 1 unspecified atom stereocenters. The first-order valence-corrected chi connectivity index (χ1v) is 11.7. The van der Waals surface area contributed by atoms with Crippen molar-refractivity contribution in [3.05, 3.63) is 64.9 Å². The summed E-state index contributed by atoms with van der Waals surface area (Å²) in [6.07, 6.45) is 0.175. The Hall–Kier alpha value is -2.97. The van der Waals surface area contributed by atoms with Crippen LogP contribution in [0.2, 0.25) is 5.02 Å². The van der Waals surface area contributed by atoms with Gasteiger partial charge in [-0.15, -0.1) is 0 Å². The molecule has 0 N–H and O–H groups in total. The molecule has 2 saturated heterocycles. The molecule has 0 radical (unpaired) electrons. The van der Waals surface area contributed by atoms with E-state index in [9.17, 15) is 18.8 Å². The maximum atomic E-state index is 13.4. The molecule has 4 rings (SSSR count). The Bertz CT molecular complexity index is 1060. The zero-order valence-corrected chi connectivity index (χ0v) is 19.9. The SMILES string of the molecule is CN(C(=O)CN1CCN(C(=O)C2CC(=O)N(Cc3ccc(F)c(Cl)c3)C2)CC1)c1ccccc1. The van der Waals surface area contributed by atoms with Crippen molar-refractivity contribution >= 4 is 35.0 Å². The zero-order chi connectivity index (χ0) is 24.2. The van der Waals surface area contributed by atoms with Crippen molar-refractivity contribution in [2.75, 3.05) is 51.2 Å². The van der Waals surface area contributed by atoms with E-state index < -0.39 is 5.82 Å². The van der Waals surface area contributed by atoms with E-state index in [1.807, 2.05) is 30.3 Å². The van der Waals surface area contributed by atoms with E-state index in [4.69, 9.17) is 11.6 Å². The van der Waals surface area contributed by atoms with Crippen molar-refractivity contribution in [1.82, 2.24) is 14.7 Å². The number of rotatable bonds is 6. The number of piperazine rings is 1. The van der Waals surface area contributed by atoms with Gasteiger partial charge in [0.2, 0.25) is 17.7 Å². The van der Waals surface area contributed by atoms with Crippen LogP contribution in [0, 0.1) is 11.7 Å². The van der Waals surface area contributed by atoms with Gasteiger partial charge in [0, 0.05) is 58.4 Å². The summed E-state index contributed by atoms with van der Waals surface area (Å²) in [6.45, 7) is 3.21. The summed E-state index contributed by atoms with van der Waals surface area (Å²) in [5.74, 6) is -1.00. The molecule has 180 valence electrons. The molecule has 2 heterocycles. The first-order chi connectivity index (χ1) is 16.3. The number of likely N-dealkylation sites (tertiary alicyclic amines) is 1. The summed E-state index contributed by atoms with van der Waals surface area (Å²) in [7, 11) is 1.76. The molecule has 9 heteroatoms. The largest absolute Gasteiger partial charge is 0.340 e. The van der Waals surface area contributed by atoms with Crippen LogP contribution in [0.1, 0.15) is 12.0 Å². The molecule has 34 heavy (non-hydrogen) atoms. The average molecular weight is 487 g/mol. The Morgan fingerprint density at radius 1 is 1.09 bits per heavy atom. The molecule has 7 nitrogen and oxygen atoms in total. The van der Waals surface area contributed by atoms with Gasteiger partial charge in [-0.1, -0.05) is 35.9 Å². The van der Waals surface area contributed by atoms with E-state index in [0.29, 0.717) is 45.8 Å². The van der Waals surface area contributed by atoms with E-state index in [2.05, 4.69) is 4.90 Å². The molecule has 0 aromatic heterocycles. The van der Waals surface area contributed by atoms with Crippen LogP contribution in [0.15, 0.2) is 48.5 Å². The minimum atomic E-state index is -0.501. The van der Waals surface area contributed by atoms with E-state index in [-0.39, 0.29) is 35.1 Å². The Kier molecular flexibility index (Phi) is 7.48. The molecule has 0 saturated carbocycles. The van der Waals surface area contributed by atoms with Crippen LogP contribution < -0.4 is 4.90 Å². The molecular formula is C25H28ClFN4O3. The average Bonchev–Trinajstić information content (AvgIpc) is 3.21. The fourth-order valence-corrected chi connectivity index (χ4v) is 4.63. The van der Waals surface area contributed by atoms with Crippen LogP contribution in [-0.4, -0.2) is 78.7 Å². The molecule has 0 spiro atoms. The number of carbonyl (C=O) groups is 3. The maximum Gasteiger partial charge on any atom is 0.240 e. The first-order valence-electron chi connectivity index (χ1n) is 11.4. The minimum absolute atomic E-state index is 0.00362. The molecule has 0 bridgehead atoms. The fourth-order valence-electron chi connectivity index (χ4n) is 4.43. The summed E-state index contributed by atoms with van der Waals surface area (Å²) in [5, 5.41) is 0.0167. The molecule has 0 aliphatic carbocycles. The topological polar surface area (TPSA) is 64.2 Å². The van der Waals surface area contributed by atoms with Gasteiger partial charge in [0.1, 0.15) is 5.82 Å². The second-order valence-corrected chi connectivity index (χ2v) is 9.22. The molecule has 2 aliphatic heterocycles. The van der Waals surface area contributed by atoms with Crippen LogP contribution in [-0.2, 0) is 20.9 Å². The van der Waals surface area contributed by atoms with Gasteiger partial charge in [0.15, 0.2) is 0 Å². The van der Waals surface area contributed by atoms with E-state index in [0.717, 1.165) is 11.3 Å². The van der Waals surface area contributed by atoms with Gasteiger partial charge in [-0.25, -0.2) is 4.39 Å². The van der Waals surface area contributed by atoms with Crippen molar-refractivity contribution in [2.45, 2.75) is 13.0 Å². The van der Waals surface area contributed by atoms with Crippen molar-refractivity contribution in [1.29, 1.82) is 0 Å². The Morgan fingerprint density at radius 2 is 1.79 bits per heavy atom. The fraction of sp³-hybridized carbons (Fsp3) is 0.400. The molecular weight excluding hydrogens is 459 g/mol. The molecule has 2 fully saturated rings. The van der Waals surface area contributed by atoms with Gasteiger partial charge in [-0.05, 0) is 29.8 Å². The van der Waals surface area contributed by atoms with Gasteiger partial charge in [0.05, 0.1) is 17.5 Å². The summed E-state index contributed by atoms with van der Waals surface area (Å²) in [6, 6.07) is 13.9. The van der Waals surface area contributed by atoms with E-state index in [1.54, 1.807) is 27.8 Å². The van der Waals surface area contributed by atoms with Gasteiger partial charge < -0.3 is 14.7 Å². The normalized spacial score (nSPS) is 18.9. The number of amides is 3. The lowest BCUT2D eigenvalue weighted by atomic mass is 10.1. The molecule has 2 aliphatic rings. The van der Waals surface area contributed by atoms with Crippen molar-refractivity contribution in [3.63, 3.8) is 0 Å². The van der Waals surface area contributed by atoms with E-state index >= 15 is 0 Å². The molecule has 1 atom stereocenters. The highest BCUT2D eigenvalue weighted by Crippen LogP contribution is 2.24. The number of hydrogen-bond acceptors (Lipinski definition) is 4. The minimum Gasteiger partial charge on any atom is -0.340 e. The number of benzene rings is 2. The van der Waals surface area contributed by atoms with E-state index in [1.165, 1.54) is 12.1 Å². The van der Waals surface area contributed by atoms with Gasteiger partial charge in [0.25, 0.3) is 0 Å². The number of halogens is 2. The molecule has 2 aromatic rings. The van der Waals surface area contributed by atoms with Gasteiger partial charge in [-0.2, -0.15) is 0 Å². The lowest BCUT2D eigenvalue weighted by Crippen LogP contribution is -2.52. The third kappa shape index (κ3) is 5.56. The maximum absolute atomic E-state index is 13.4. The van der Waals surface area contributed by atoms with Crippen LogP contribution in [0.4, 0.5) is 10.1 Å². The predicted molar refractivity (Wildman–Crippen MR) is 128 cm³/mol. The Labute approximate surface area is 203 Å². The lowest BCUT2D eigenvalue weighted by Gasteiger charge is -2.36. The van der Waals surface area contributed by atoms with Crippen molar-refractivity contribution in [2.24, 2.45) is 5.92 Å². The second kappa shape index (κ2) is 10.5. The molecule has 3 amide bonds. The summed E-state index contributed by atoms with van der Waals surface area (Å²) in [5.41, 5.74) is 1.58. The summed E-state index contributed by atoms with van der Waals surface area (Å²) >= 11 is 5.84. The van der Waals surface area contributed by atoms with Crippen LogP contribution in [0.3, 0.4) is 0 Å². The standard InChI is InChI=1S/C25H28ClFN4O3/c1-28(20-5-3-2-4-6-20)24(33)17-29-9-11-30(12-10-29)25(34)19-14-23(32)31(16-19)15-18-7-8-22(27)21(26)13-18/h2-8,13,19H,9-12,14-17H2,1H3. The summed E-state index contributed by atoms with van der Waals surface area (Å²) in [4.78, 5) is 45.3. The number of likely N-dealkylation sites (N-methyl/N-ethyl adjacent to an activating group) is 1. The highest BCUT2D eigenvalue weighted by atomic mass is 35.5. The van der Waals surface area contributed by atoms with Crippen LogP contribution >= 0.6 is 11.6 Å². The second-order valence-electron chi connectivity index (χ2n) is 8.81. The predicted octanol–water partition coefficient (Wildman–Crippen LogP) is 2.63. The number of hydrogen-bond donors (Lipinski definition) is 0. The smallest absolute Gasteiger partial charge is 0.240 e. The quantitative estimate of drug-likeness (QED) is 0.629. The number of anilines is 1. The molecule has 2 aromatic carbocycles. The highest BCUT2D eigenvalue weighted by molar-refractivity contribution is 6.30. The zero-order valence-electron chi connectivity index (χ0n) is 19.1. The Balaban J connectivity index is 1.26.